The molecule has 0 saturated heterocycles. The summed E-state index contributed by atoms with van der Waals surface area (Å²) in [6, 6.07) is 13.9. The van der Waals surface area contributed by atoms with Crippen LogP contribution >= 0.6 is 12.2 Å². The quantitative estimate of drug-likeness (QED) is 0.529. The van der Waals surface area contributed by atoms with Crippen LogP contribution in [0.3, 0.4) is 0 Å². The van der Waals surface area contributed by atoms with E-state index in [0.29, 0.717) is 17.0 Å². The predicted molar refractivity (Wildman–Crippen MR) is 97.0 cm³/mol. The smallest absolute Gasteiger partial charge is 0.216 e. The van der Waals surface area contributed by atoms with Crippen molar-refractivity contribution in [3.63, 3.8) is 0 Å². The van der Waals surface area contributed by atoms with Crippen molar-refractivity contribution >= 4 is 24.4 Å². The molecule has 0 radical (unpaired) electrons. The van der Waals surface area contributed by atoms with Crippen LogP contribution in [-0.2, 0) is 6.42 Å². The number of hydrogen-bond donors (Lipinski definition) is 1. The third kappa shape index (κ3) is 4.04. The number of H-pyrrole nitrogens is 1. The van der Waals surface area contributed by atoms with Gasteiger partial charge in [-0.05, 0) is 41.0 Å². The number of benzene rings is 2. The Kier molecular flexibility index (Phi) is 5.23. The Balaban J connectivity index is 1.80. The first-order valence-electron chi connectivity index (χ1n) is 7.72. The van der Waals surface area contributed by atoms with E-state index in [0.717, 1.165) is 16.9 Å². The summed E-state index contributed by atoms with van der Waals surface area (Å²) in [6.07, 6.45) is 2.12. The molecule has 8 heteroatoms. The number of carbonyl (C=O) groups is 1. The minimum atomic E-state index is -1.22. The molecule has 2 aromatic carbocycles. The van der Waals surface area contributed by atoms with E-state index < -0.39 is 5.97 Å². The van der Waals surface area contributed by atoms with Gasteiger partial charge in [-0.15, -0.1) is 0 Å². The highest BCUT2D eigenvalue weighted by molar-refractivity contribution is 7.71. The van der Waals surface area contributed by atoms with E-state index in [1.54, 1.807) is 25.5 Å². The van der Waals surface area contributed by atoms with E-state index in [4.69, 9.17) is 17.0 Å². The van der Waals surface area contributed by atoms with Crippen LogP contribution in [0.25, 0.3) is 0 Å². The summed E-state index contributed by atoms with van der Waals surface area (Å²) in [6.45, 7) is 0. The van der Waals surface area contributed by atoms with Gasteiger partial charge in [-0.2, -0.15) is 14.9 Å². The van der Waals surface area contributed by atoms with Gasteiger partial charge in [-0.25, -0.2) is 0 Å². The standard InChI is InChI=1S/C18H16N4O3S/c1-25-15-8-4-12(5-9-15)10-16-20-21-18(26)22(16)19-11-13-2-6-14(7-3-13)17(23)24/h2-9,11H,10H2,1H3,(H,21,26)(H,23,24)/p-1/b19-11-. The van der Waals surface area contributed by atoms with Crippen molar-refractivity contribution in [2.75, 3.05) is 7.11 Å². The van der Waals surface area contributed by atoms with Gasteiger partial charge in [-0.3, -0.25) is 5.10 Å². The molecule has 1 aromatic heterocycles. The van der Waals surface area contributed by atoms with Crippen LogP contribution in [-0.4, -0.2) is 34.2 Å². The Morgan fingerprint density at radius 3 is 2.58 bits per heavy atom. The van der Waals surface area contributed by atoms with Crippen molar-refractivity contribution in [2.24, 2.45) is 5.10 Å². The van der Waals surface area contributed by atoms with Crippen LogP contribution in [0, 0.1) is 4.77 Å². The van der Waals surface area contributed by atoms with Crippen LogP contribution in [0.4, 0.5) is 0 Å². The molecule has 0 spiro atoms. The molecule has 1 N–H and O–H groups in total. The van der Waals surface area contributed by atoms with Crippen LogP contribution in [0.1, 0.15) is 27.3 Å². The summed E-state index contributed by atoms with van der Waals surface area (Å²) < 4.78 is 7.06. The number of methoxy groups -OCH3 is 1. The first-order chi connectivity index (χ1) is 12.6. The first kappa shape index (κ1) is 17.6. The van der Waals surface area contributed by atoms with E-state index in [9.17, 15) is 9.90 Å². The molecule has 3 aromatic rings. The first-order valence-corrected chi connectivity index (χ1v) is 8.12. The van der Waals surface area contributed by atoms with E-state index in [-0.39, 0.29) is 5.56 Å². The number of aromatic carboxylic acids is 1. The van der Waals surface area contributed by atoms with Gasteiger partial charge in [0, 0.05) is 6.42 Å². The fourth-order valence-corrected chi connectivity index (χ4v) is 2.51. The minimum Gasteiger partial charge on any atom is -0.545 e. The maximum absolute atomic E-state index is 10.8. The van der Waals surface area contributed by atoms with Gasteiger partial charge in [0.15, 0.2) is 5.82 Å². The van der Waals surface area contributed by atoms with Crippen LogP contribution in [0.5, 0.6) is 5.75 Å². The summed E-state index contributed by atoms with van der Waals surface area (Å²) in [5.74, 6) is 0.223. The fraction of sp³-hybridized carbons (Fsp3) is 0.111. The Labute approximate surface area is 154 Å². The van der Waals surface area contributed by atoms with Gasteiger partial charge >= 0.3 is 0 Å². The van der Waals surface area contributed by atoms with Crippen molar-refractivity contribution < 1.29 is 14.6 Å². The normalized spacial score (nSPS) is 11.0. The van der Waals surface area contributed by atoms with E-state index >= 15 is 0 Å². The van der Waals surface area contributed by atoms with Gasteiger partial charge in [0.05, 0.1) is 19.3 Å². The van der Waals surface area contributed by atoms with Crippen molar-refractivity contribution in [3.05, 3.63) is 75.8 Å². The molecular formula is C18H15N4O3S-. The molecule has 0 bridgehead atoms. The second-order valence-corrected chi connectivity index (χ2v) is 5.82. The number of nitrogens with one attached hydrogen (secondary N) is 1. The zero-order chi connectivity index (χ0) is 18.5. The molecule has 0 fully saturated rings. The van der Waals surface area contributed by atoms with E-state index in [1.165, 1.54) is 16.8 Å². The SMILES string of the molecule is COc1ccc(Cc2n[nH]c(=S)n2/N=C\c2ccc(C(=O)[O-])cc2)cc1. The largest absolute Gasteiger partial charge is 0.545 e. The highest BCUT2D eigenvalue weighted by Crippen LogP contribution is 2.14. The Morgan fingerprint density at radius 1 is 1.27 bits per heavy atom. The highest BCUT2D eigenvalue weighted by Gasteiger charge is 2.06. The lowest BCUT2D eigenvalue weighted by molar-refractivity contribution is -0.255. The zero-order valence-corrected chi connectivity index (χ0v) is 14.7. The van der Waals surface area contributed by atoms with Crippen LogP contribution in [0.15, 0.2) is 53.6 Å². The molecule has 7 nitrogen and oxygen atoms in total. The average molecular weight is 367 g/mol. The summed E-state index contributed by atoms with van der Waals surface area (Å²) in [5, 5.41) is 22.1. The molecule has 26 heavy (non-hydrogen) atoms. The number of carboxylic acids is 1. The lowest BCUT2D eigenvalue weighted by Crippen LogP contribution is -2.21. The van der Waals surface area contributed by atoms with Gasteiger partial charge < -0.3 is 14.6 Å². The van der Waals surface area contributed by atoms with Gasteiger partial charge in [0.2, 0.25) is 4.77 Å². The molecule has 0 aliphatic rings. The molecule has 0 saturated carbocycles. The monoisotopic (exact) mass is 367 g/mol. The number of hydrogen-bond acceptors (Lipinski definition) is 6. The number of carbonyl (C=O) groups excluding carboxylic acids is 1. The summed E-state index contributed by atoms with van der Waals surface area (Å²) in [5.41, 5.74) is 1.88. The molecule has 0 aliphatic carbocycles. The molecule has 0 atom stereocenters. The molecule has 3 rings (SSSR count). The number of aromatic amines is 1. The summed E-state index contributed by atoms with van der Waals surface area (Å²) >= 11 is 5.22. The Morgan fingerprint density at radius 2 is 1.96 bits per heavy atom. The van der Waals surface area contributed by atoms with Crippen LogP contribution < -0.4 is 9.84 Å². The number of aromatic nitrogens is 3. The van der Waals surface area contributed by atoms with E-state index in [1.807, 2.05) is 24.3 Å². The zero-order valence-electron chi connectivity index (χ0n) is 13.9. The average Bonchev–Trinajstić information content (AvgIpc) is 3.00. The van der Waals surface area contributed by atoms with Gasteiger partial charge in [0.1, 0.15) is 5.75 Å². The second-order valence-electron chi connectivity index (χ2n) is 5.44. The molecule has 132 valence electrons. The number of ether oxygens (including phenoxy) is 1. The number of carboxylic acid groups (broad SMARTS) is 1. The van der Waals surface area contributed by atoms with Crippen molar-refractivity contribution in [2.45, 2.75) is 6.42 Å². The second kappa shape index (κ2) is 7.75. The molecule has 0 amide bonds. The maximum atomic E-state index is 10.8. The number of nitrogens with zero attached hydrogens (tertiary/aromatic N) is 3. The van der Waals surface area contributed by atoms with Gasteiger partial charge in [0.25, 0.3) is 0 Å². The molecular weight excluding hydrogens is 352 g/mol. The Hall–Kier alpha value is -3.26. The van der Waals surface area contributed by atoms with Crippen molar-refractivity contribution in [1.82, 2.24) is 14.9 Å². The molecule has 0 unspecified atom stereocenters. The van der Waals surface area contributed by atoms with Crippen LogP contribution in [0.2, 0.25) is 0 Å². The fourth-order valence-electron chi connectivity index (χ4n) is 2.31. The van der Waals surface area contributed by atoms with Gasteiger partial charge in [-0.1, -0.05) is 36.4 Å². The molecule has 1 heterocycles. The highest BCUT2D eigenvalue weighted by atomic mass is 32.1. The maximum Gasteiger partial charge on any atom is 0.216 e. The van der Waals surface area contributed by atoms with E-state index in [2.05, 4.69) is 15.3 Å². The third-order valence-electron chi connectivity index (χ3n) is 3.71. The summed E-state index contributed by atoms with van der Waals surface area (Å²) in [4.78, 5) is 10.8. The third-order valence-corrected chi connectivity index (χ3v) is 3.97. The Bertz CT molecular complexity index is 989. The van der Waals surface area contributed by atoms with Crippen molar-refractivity contribution in [1.29, 1.82) is 0 Å². The topological polar surface area (TPSA) is 95.3 Å². The lowest BCUT2D eigenvalue weighted by Gasteiger charge is -2.04. The minimum absolute atomic E-state index is 0.113. The van der Waals surface area contributed by atoms with Crippen molar-refractivity contribution in [3.8, 4) is 5.75 Å². The number of rotatable bonds is 6. The molecule has 0 aliphatic heterocycles. The summed E-state index contributed by atoms with van der Waals surface area (Å²) in [7, 11) is 1.62. The lowest BCUT2D eigenvalue weighted by atomic mass is 10.1. The predicted octanol–water partition coefficient (Wildman–Crippen LogP) is 1.79.